The Bertz CT molecular complexity index is 1250. The molecule has 0 amide bonds. The lowest BCUT2D eigenvalue weighted by atomic mass is 9.92. The standard InChI is InChI=1S/C22H23N5O2S2/c1-31(28,29)26-14-8-13-18(15-26)20-23-24-22-27(20)25-21(30-22)19(16-9-4-2-5-10-16)17-11-6-3-7-12-17/h2-7,9-12,18-19H,8,13-15H2,1H3. The van der Waals surface area contributed by atoms with Crippen molar-refractivity contribution < 1.29 is 8.42 Å². The highest BCUT2D eigenvalue weighted by atomic mass is 32.2. The summed E-state index contributed by atoms with van der Waals surface area (Å²) in [4.78, 5) is 0.735. The van der Waals surface area contributed by atoms with Gasteiger partial charge in [-0.2, -0.15) is 9.61 Å². The maximum atomic E-state index is 12.0. The van der Waals surface area contributed by atoms with E-state index >= 15 is 0 Å². The van der Waals surface area contributed by atoms with E-state index in [2.05, 4.69) is 34.5 Å². The van der Waals surface area contributed by atoms with Crippen LogP contribution in [0.25, 0.3) is 4.96 Å². The van der Waals surface area contributed by atoms with E-state index in [1.165, 1.54) is 33.0 Å². The van der Waals surface area contributed by atoms with Gasteiger partial charge in [-0.1, -0.05) is 72.0 Å². The van der Waals surface area contributed by atoms with Crippen LogP contribution in [0.3, 0.4) is 0 Å². The lowest BCUT2D eigenvalue weighted by Crippen LogP contribution is -2.38. The highest BCUT2D eigenvalue weighted by molar-refractivity contribution is 7.88. The van der Waals surface area contributed by atoms with Crippen molar-refractivity contribution in [3.63, 3.8) is 0 Å². The molecule has 0 bridgehead atoms. The Balaban J connectivity index is 1.55. The Morgan fingerprint density at radius 2 is 1.65 bits per heavy atom. The summed E-state index contributed by atoms with van der Waals surface area (Å²) in [5.41, 5.74) is 2.34. The summed E-state index contributed by atoms with van der Waals surface area (Å²) < 4.78 is 27.4. The van der Waals surface area contributed by atoms with Crippen LogP contribution < -0.4 is 0 Å². The van der Waals surface area contributed by atoms with E-state index in [-0.39, 0.29) is 11.8 Å². The molecule has 31 heavy (non-hydrogen) atoms. The maximum absolute atomic E-state index is 12.0. The Kier molecular flexibility index (Phi) is 5.33. The number of benzene rings is 2. The van der Waals surface area contributed by atoms with Crippen LogP contribution in [0.5, 0.6) is 0 Å². The molecule has 1 aliphatic heterocycles. The topological polar surface area (TPSA) is 80.5 Å². The first kappa shape index (κ1) is 20.3. The Labute approximate surface area is 185 Å². The molecule has 1 atom stereocenters. The van der Waals surface area contributed by atoms with E-state index in [1.54, 1.807) is 0 Å². The molecular formula is C22H23N5O2S2. The summed E-state index contributed by atoms with van der Waals surface area (Å²) in [5, 5.41) is 14.6. The van der Waals surface area contributed by atoms with E-state index in [1.807, 2.05) is 40.9 Å². The van der Waals surface area contributed by atoms with Crippen molar-refractivity contribution in [2.45, 2.75) is 24.7 Å². The minimum Gasteiger partial charge on any atom is -0.213 e. The van der Waals surface area contributed by atoms with Gasteiger partial charge >= 0.3 is 0 Å². The van der Waals surface area contributed by atoms with Crippen molar-refractivity contribution in [2.24, 2.45) is 0 Å². The lowest BCUT2D eigenvalue weighted by molar-refractivity contribution is 0.309. The molecule has 0 spiro atoms. The number of hydrogen-bond donors (Lipinski definition) is 0. The van der Waals surface area contributed by atoms with Crippen LogP contribution in [-0.2, 0) is 10.0 Å². The summed E-state index contributed by atoms with van der Waals surface area (Å²) in [6, 6.07) is 20.7. The van der Waals surface area contributed by atoms with Crippen LogP contribution in [-0.4, -0.2) is 51.9 Å². The second-order valence-corrected chi connectivity index (χ2v) is 10.9. The van der Waals surface area contributed by atoms with Gasteiger partial charge < -0.3 is 0 Å². The zero-order chi connectivity index (χ0) is 21.4. The molecule has 1 aliphatic rings. The van der Waals surface area contributed by atoms with Gasteiger partial charge in [-0.15, -0.1) is 10.2 Å². The molecule has 2 aromatic carbocycles. The van der Waals surface area contributed by atoms with E-state index < -0.39 is 10.0 Å². The van der Waals surface area contributed by atoms with Crippen LogP contribution in [0.4, 0.5) is 0 Å². The molecule has 9 heteroatoms. The molecule has 3 heterocycles. The molecule has 1 fully saturated rings. The second kappa shape index (κ2) is 8.14. The SMILES string of the molecule is CS(=O)(=O)N1CCCC(c2nnc3sc(C(c4ccccc4)c4ccccc4)nn23)C1. The van der Waals surface area contributed by atoms with Gasteiger partial charge in [0, 0.05) is 19.0 Å². The minimum atomic E-state index is -3.23. The van der Waals surface area contributed by atoms with Gasteiger partial charge in [-0.3, -0.25) is 0 Å². The van der Waals surface area contributed by atoms with Crippen LogP contribution in [0.2, 0.25) is 0 Å². The largest absolute Gasteiger partial charge is 0.234 e. The summed E-state index contributed by atoms with van der Waals surface area (Å²) in [5.74, 6) is 0.729. The Hall–Kier alpha value is -2.62. The zero-order valence-electron chi connectivity index (χ0n) is 17.1. The van der Waals surface area contributed by atoms with Crippen molar-refractivity contribution in [2.75, 3.05) is 19.3 Å². The van der Waals surface area contributed by atoms with Gasteiger partial charge in [0.2, 0.25) is 15.0 Å². The van der Waals surface area contributed by atoms with Crippen molar-refractivity contribution in [1.82, 2.24) is 24.1 Å². The van der Waals surface area contributed by atoms with Crippen molar-refractivity contribution >= 4 is 26.3 Å². The molecule has 1 unspecified atom stereocenters. The number of sulfonamides is 1. The number of nitrogens with zero attached hydrogens (tertiary/aromatic N) is 5. The summed E-state index contributed by atoms with van der Waals surface area (Å²) in [6.07, 6.45) is 2.95. The average molecular weight is 454 g/mol. The summed E-state index contributed by atoms with van der Waals surface area (Å²) in [6.45, 7) is 0.983. The predicted molar refractivity (Wildman–Crippen MR) is 121 cm³/mol. The van der Waals surface area contributed by atoms with Gasteiger partial charge in [-0.25, -0.2) is 12.7 Å². The quantitative estimate of drug-likeness (QED) is 0.462. The van der Waals surface area contributed by atoms with E-state index in [4.69, 9.17) is 5.10 Å². The maximum Gasteiger partial charge on any atom is 0.234 e. The van der Waals surface area contributed by atoms with Crippen LogP contribution in [0, 0.1) is 0 Å². The van der Waals surface area contributed by atoms with Crippen molar-refractivity contribution in [3.05, 3.63) is 82.6 Å². The molecule has 1 saturated heterocycles. The van der Waals surface area contributed by atoms with E-state index in [0.29, 0.717) is 13.1 Å². The first-order valence-electron chi connectivity index (χ1n) is 10.3. The van der Waals surface area contributed by atoms with Crippen molar-refractivity contribution in [1.29, 1.82) is 0 Å². The Morgan fingerprint density at radius 1 is 1.00 bits per heavy atom. The summed E-state index contributed by atoms with van der Waals surface area (Å²) >= 11 is 1.53. The monoisotopic (exact) mass is 453 g/mol. The molecule has 4 aromatic rings. The fourth-order valence-electron chi connectivity index (χ4n) is 4.24. The molecule has 0 aliphatic carbocycles. The Morgan fingerprint density at radius 3 is 2.26 bits per heavy atom. The number of rotatable bonds is 5. The molecule has 5 rings (SSSR count). The van der Waals surface area contributed by atoms with Gasteiger partial charge in [0.25, 0.3) is 0 Å². The number of hydrogen-bond acceptors (Lipinski definition) is 6. The highest BCUT2D eigenvalue weighted by Crippen LogP contribution is 2.35. The first-order valence-corrected chi connectivity index (χ1v) is 12.9. The predicted octanol–water partition coefficient (Wildman–Crippen LogP) is 3.51. The molecular weight excluding hydrogens is 430 g/mol. The first-order chi connectivity index (χ1) is 15.0. The molecule has 0 saturated carbocycles. The number of piperidine rings is 1. The molecule has 160 valence electrons. The zero-order valence-corrected chi connectivity index (χ0v) is 18.8. The fraction of sp³-hybridized carbons (Fsp3) is 0.318. The molecule has 7 nitrogen and oxygen atoms in total. The van der Waals surface area contributed by atoms with Crippen molar-refractivity contribution in [3.8, 4) is 0 Å². The van der Waals surface area contributed by atoms with Gasteiger partial charge in [0.1, 0.15) is 5.01 Å². The fourth-order valence-corrected chi connectivity index (χ4v) is 6.15. The summed E-state index contributed by atoms with van der Waals surface area (Å²) in [7, 11) is -3.23. The third-order valence-electron chi connectivity index (χ3n) is 5.76. The van der Waals surface area contributed by atoms with Crippen LogP contribution >= 0.6 is 11.3 Å². The van der Waals surface area contributed by atoms with E-state index in [0.717, 1.165) is 28.6 Å². The third kappa shape index (κ3) is 4.00. The normalized spacial score (nSPS) is 18.1. The smallest absolute Gasteiger partial charge is 0.213 e. The number of aromatic nitrogens is 4. The second-order valence-electron chi connectivity index (χ2n) is 7.91. The van der Waals surface area contributed by atoms with Gasteiger partial charge in [0.15, 0.2) is 5.82 Å². The van der Waals surface area contributed by atoms with Crippen LogP contribution in [0.15, 0.2) is 60.7 Å². The van der Waals surface area contributed by atoms with Gasteiger partial charge in [0.05, 0.1) is 12.2 Å². The van der Waals surface area contributed by atoms with E-state index in [9.17, 15) is 8.42 Å². The van der Waals surface area contributed by atoms with Crippen LogP contribution in [0.1, 0.15) is 46.6 Å². The molecule has 0 N–H and O–H groups in total. The average Bonchev–Trinajstić information content (AvgIpc) is 3.36. The number of fused-ring (bicyclic) bond motifs is 1. The lowest BCUT2D eigenvalue weighted by Gasteiger charge is -2.29. The molecule has 0 radical (unpaired) electrons. The third-order valence-corrected chi connectivity index (χ3v) is 7.99. The highest BCUT2D eigenvalue weighted by Gasteiger charge is 2.31. The minimum absolute atomic E-state index is 0.000763. The van der Waals surface area contributed by atoms with Gasteiger partial charge in [-0.05, 0) is 24.0 Å². The molecule has 2 aromatic heterocycles.